The van der Waals surface area contributed by atoms with E-state index in [4.69, 9.17) is 4.74 Å². The minimum atomic E-state index is -0.0393. The molecule has 0 N–H and O–H groups in total. The number of piperazine rings is 1. The van der Waals surface area contributed by atoms with Crippen LogP contribution in [-0.2, 0) is 9.53 Å². The Morgan fingerprint density at radius 1 is 1.20 bits per heavy atom. The quantitative estimate of drug-likeness (QED) is 0.763. The van der Waals surface area contributed by atoms with Crippen LogP contribution in [0.5, 0.6) is 0 Å². The molecule has 0 spiro atoms. The van der Waals surface area contributed by atoms with Gasteiger partial charge in [0.05, 0.1) is 18.7 Å². The topological polar surface area (TPSA) is 59.8 Å². The van der Waals surface area contributed by atoms with Crippen molar-refractivity contribution in [2.75, 3.05) is 52.4 Å². The predicted octanol–water partition coefficient (Wildman–Crippen LogP) is 1.18. The molecule has 0 aromatic carbocycles. The fourth-order valence-corrected chi connectivity index (χ4v) is 4.50. The van der Waals surface area contributed by atoms with Crippen LogP contribution < -0.4 is 0 Å². The maximum atomic E-state index is 12.7. The van der Waals surface area contributed by atoms with Crippen LogP contribution in [-0.4, -0.2) is 85.2 Å². The van der Waals surface area contributed by atoms with Gasteiger partial charge >= 0.3 is 0 Å². The van der Waals surface area contributed by atoms with E-state index in [1.165, 1.54) is 6.42 Å². The molecule has 3 heterocycles. The van der Waals surface area contributed by atoms with Crippen molar-refractivity contribution in [1.82, 2.24) is 14.7 Å². The van der Waals surface area contributed by atoms with Gasteiger partial charge in [0.1, 0.15) is 6.04 Å². The molecule has 3 fully saturated rings. The van der Waals surface area contributed by atoms with Crippen molar-refractivity contribution in [1.29, 1.82) is 5.26 Å². The number of nitriles is 1. The van der Waals surface area contributed by atoms with Crippen molar-refractivity contribution in [2.45, 2.75) is 45.3 Å². The van der Waals surface area contributed by atoms with Gasteiger partial charge < -0.3 is 9.64 Å². The van der Waals surface area contributed by atoms with Crippen LogP contribution in [0.2, 0.25) is 0 Å². The third-order valence-corrected chi connectivity index (χ3v) is 5.98. The Morgan fingerprint density at radius 2 is 1.96 bits per heavy atom. The molecule has 1 amide bonds. The van der Waals surface area contributed by atoms with Crippen LogP contribution in [0.4, 0.5) is 0 Å². The molecule has 25 heavy (non-hydrogen) atoms. The molecule has 3 atom stereocenters. The van der Waals surface area contributed by atoms with Crippen LogP contribution >= 0.6 is 0 Å². The maximum Gasteiger partial charge on any atom is 0.236 e. The van der Waals surface area contributed by atoms with Gasteiger partial charge in [0.2, 0.25) is 5.91 Å². The van der Waals surface area contributed by atoms with Gasteiger partial charge in [-0.1, -0.05) is 13.8 Å². The Hall–Kier alpha value is -1.16. The van der Waals surface area contributed by atoms with Crippen molar-refractivity contribution >= 4 is 5.91 Å². The molecule has 0 aromatic rings. The number of nitrogens with zero attached hydrogens (tertiary/aromatic N) is 4. The summed E-state index contributed by atoms with van der Waals surface area (Å²) in [6.45, 7) is 10.7. The Labute approximate surface area is 151 Å². The van der Waals surface area contributed by atoms with Crippen molar-refractivity contribution in [3.63, 3.8) is 0 Å². The highest BCUT2D eigenvalue weighted by Gasteiger charge is 2.34. The van der Waals surface area contributed by atoms with Gasteiger partial charge in [-0.25, -0.2) is 0 Å². The molecule has 3 saturated heterocycles. The summed E-state index contributed by atoms with van der Waals surface area (Å²) < 4.78 is 5.86. The molecule has 0 radical (unpaired) electrons. The highest BCUT2D eigenvalue weighted by atomic mass is 16.5. The average molecular weight is 348 g/mol. The number of amides is 1. The van der Waals surface area contributed by atoms with E-state index < -0.39 is 0 Å². The van der Waals surface area contributed by atoms with E-state index in [0.29, 0.717) is 24.5 Å². The van der Waals surface area contributed by atoms with Crippen LogP contribution in [0.25, 0.3) is 0 Å². The molecule has 0 aliphatic carbocycles. The first-order valence-electron chi connectivity index (χ1n) is 9.84. The van der Waals surface area contributed by atoms with Gasteiger partial charge in [0.15, 0.2) is 0 Å². The zero-order chi connectivity index (χ0) is 17.8. The monoisotopic (exact) mass is 348 g/mol. The molecular weight excluding hydrogens is 316 g/mol. The molecule has 0 unspecified atom stereocenters. The van der Waals surface area contributed by atoms with E-state index in [1.807, 2.05) is 4.90 Å². The number of fused-ring (bicyclic) bond motifs is 1. The van der Waals surface area contributed by atoms with E-state index >= 15 is 0 Å². The summed E-state index contributed by atoms with van der Waals surface area (Å²) in [5, 5.41) is 9.35. The maximum absolute atomic E-state index is 12.7. The highest BCUT2D eigenvalue weighted by Crippen LogP contribution is 2.28. The molecule has 3 rings (SSSR count). The summed E-state index contributed by atoms with van der Waals surface area (Å²) in [6.07, 6.45) is 3.87. The number of ether oxygens (including phenoxy) is 1. The third-order valence-electron chi connectivity index (χ3n) is 5.98. The lowest BCUT2D eigenvalue weighted by atomic mass is 9.88. The van der Waals surface area contributed by atoms with Crippen LogP contribution in [0.15, 0.2) is 0 Å². The SMILES string of the molecule is CC(C)[C@H](C#N)N1CCN(C(=O)CN2CC[C@H]3OCCC[C@H]3C2)CC1. The largest absolute Gasteiger partial charge is 0.378 e. The lowest BCUT2D eigenvalue weighted by molar-refractivity contribution is -0.136. The van der Waals surface area contributed by atoms with Gasteiger partial charge in [0, 0.05) is 45.9 Å². The predicted molar refractivity (Wildman–Crippen MR) is 95.9 cm³/mol. The standard InChI is InChI=1S/C19H32N4O2/c1-15(2)17(12-20)22-7-9-23(10-8-22)19(24)14-21-6-5-18-16(13-21)4-3-11-25-18/h15-18H,3-11,13-14H2,1-2H3/t16-,17-,18+/m0/s1. The minimum absolute atomic E-state index is 0.0393. The van der Waals surface area contributed by atoms with Gasteiger partial charge in [0.25, 0.3) is 0 Å². The molecule has 140 valence electrons. The normalized spacial score (nSPS) is 29.9. The molecule has 0 saturated carbocycles. The zero-order valence-electron chi connectivity index (χ0n) is 15.7. The molecule has 3 aliphatic heterocycles. The third kappa shape index (κ3) is 4.52. The molecule has 3 aliphatic rings. The Bertz CT molecular complexity index is 496. The average Bonchev–Trinajstić information content (AvgIpc) is 2.62. The first kappa shape index (κ1) is 18.6. The van der Waals surface area contributed by atoms with Gasteiger partial charge in [-0.3, -0.25) is 14.6 Å². The second-order valence-electron chi connectivity index (χ2n) is 8.07. The molecule has 0 bridgehead atoms. The van der Waals surface area contributed by atoms with E-state index in [0.717, 1.165) is 58.7 Å². The number of carbonyl (C=O) groups excluding carboxylic acids is 1. The summed E-state index contributed by atoms with van der Waals surface area (Å²) in [6, 6.07) is 2.37. The molecule has 6 heteroatoms. The summed E-state index contributed by atoms with van der Waals surface area (Å²) in [4.78, 5) is 19.2. The van der Waals surface area contributed by atoms with E-state index in [2.05, 4.69) is 29.7 Å². The number of rotatable bonds is 4. The highest BCUT2D eigenvalue weighted by molar-refractivity contribution is 5.78. The van der Waals surface area contributed by atoms with Crippen LogP contribution in [0.3, 0.4) is 0 Å². The first-order valence-corrected chi connectivity index (χ1v) is 9.84. The Balaban J connectivity index is 1.44. The van der Waals surface area contributed by atoms with Crippen molar-refractivity contribution in [2.24, 2.45) is 11.8 Å². The summed E-state index contributed by atoms with van der Waals surface area (Å²) >= 11 is 0. The summed E-state index contributed by atoms with van der Waals surface area (Å²) in [5.41, 5.74) is 0. The number of piperidine rings is 1. The zero-order valence-corrected chi connectivity index (χ0v) is 15.7. The number of likely N-dealkylation sites (tertiary alicyclic amines) is 1. The fourth-order valence-electron chi connectivity index (χ4n) is 4.50. The second kappa shape index (κ2) is 8.48. The number of hydrogen-bond acceptors (Lipinski definition) is 5. The van der Waals surface area contributed by atoms with Crippen LogP contribution in [0.1, 0.15) is 33.1 Å². The van der Waals surface area contributed by atoms with Gasteiger partial charge in [-0.2, -0.15) is 5.26 Å². The van der Waals surface area contributed by atoms with E-state index in [9.17, 15) is 10.1 Å². The minimum Gasteiger partial charge on any atom is -0.378 e. The Morgan fingerprint density at radius 3 is 2.64 bits per heavy atom. The lowest BCUT2D eigenvalue weighted by Gasteiger charge is -2.42. The van der Waals surface area contributed by atoms with Crippen molar-refractivity contribution in [3.05, 3.63) is 0 Å². The summed E-state index contributed by atoms with van der Waals surface area (Å²) in [5.74, 6) is 1.17. The fraction of sp³-hybridized carbons (Fsp3) is 0.895. The summed E-state index contributed by atoms with van der Waals surface area (Å²) in [7, 11) is 0. The smallest absolute Gasteiger partial charge is 0.236 e. The van der Waals surface area contributed by atoms with Gasteiger partial charge in [-0.05, 0) is 31.1 Å². The lowest BCUT2D eigenvalue weighted by Crippen LogP contribution is -2.55. The van der Waals surface area contributed by atoms with E-state index in [1.54, 1.807) is 0 Å². The second-order valence-corrected chi connectivity index (χ2v) is 8.07. The van der Waals surface area contributed by atoms with E-state index in [-0.39, 0.29) is 11.9 Å². The van der Waals surface area contributed by atoms with Gasteiger partial charge in [-0.15, -0.1) is 0 Å². The Kier molecular flexibility index (Phi) is 6.32. The molecule has 0 aromatic heterocycles. The number of hydrogen-bond donors (Lipinski definition) is 0. The first-order chi connectivity index (χ1) is 12.1. The van der Waals surface area contributed by atoms with Crippen molar-refractivity contribution in [3.8, 4) is 6.07 Å². The molecule has 6 nitrogen and oxygen atoms in total. The van der Waals surface area contributed by atoms with Crippen LogP contribution in [0, 0.1) is 23.2 Å². The molecular formula is C19H32N4O2. The number of carbonyl (C=O) groups is 1. The van der Waals surface area contributed by atoms with Crippen molar-refractivity contribution < 1.29 is 9.53 Å².